The molecule has 1 amide bonds. The average molecular weight is 423 g/mol. The van der Waals surface area contributed by atoms with Crippen LogP contribution in [0.15, 0.2) is 24.3 Å². The van der Waals surface area contributed by atoms with Crippen LogP contribution < -0.4 is 0 Å². The van der Waals surface area contributed by atoms with Gasteiger partial charge in [-0.3, -0.25) is 4.90 Å². The van der Waals surface area contributed by atoms with Crippen LogP contribution in [0.3, 0.4) is 0 Å². The number of benzene rings is 1. The standard InChI is InChI=1S/C23H35ClN2O3/c1-22(2,3)29-21(27)26-15-13-25(14-16-26)19-9-11-23(28-4,12-10-19)17-18-7-5-6-8-20(18)24/h5-8,19H,9-17H2,1-4H3. The SMILES string of the molecule is COC1(Cc2ccccc2Cl)CCC(N2CCN(C(=O)OC(C)(C)C)CC2)CC1. The van der Waals surface area contributed by atoms with Crippen molar-refractivity contribution in [1.82, 2.24) is 9.80 Å². The number of ether oxygens (including phenoxy) is 2. The van der Waals surface area contributed by atoms with Gasteiger partial charge in [0.15, 0.2) is 0 Å². The Hall–Kier alpha value is -1.30. The number of carbonyl (C=O) groups is 1. The van der Waals surface area contributed by atoms with Gasteiger partial charge in [0.25, 0.3) is 0 Å². The molecular weight excluding hydrogens is 388 g/mol. The Morgan fingerprint density at radius 3 is 2.31 bits per heavy atom. The Labute approximate surface area is 180 Å². The topological polar surface area (TPSA) is 42.0 Å². The molecule has 0 bridgehead atoms. The molecule has 1 heterocycles. The van der Waals surface area contributed by atoms with E-state index >= 15 is 0 Å². The monoisotopic (exact) mass is 422 g/mol. The third-order valence-corrected chi connectivity index (χ3v) is 6.62. The number of amides is 1. The first-order valence-corrected chi connectivity index (χ1v) is 11.1. The van der Waals surface area contributed by atoms with Crippen LogP contribution in [-0.4, -0.2) is 66.4 Å². The maximum absolute atomic E-state index is 12.3. The molecule has 1 aliphatic carbocycles. The summed E-state index contributed by atoms with van der Waals surface area (Å²) in [4.78, 5) is 16.7. The summed E-state index contributed by atoms with van der Waals surface area (Å²) in [6, 6.07) is 8.63. The van der Waals surface area contributed by atoms with E-state index in [1.807, 2.05) is 51.0 Å². The first kappa shape index (κ1) is 22.4. The Bertz CT molecular complexity index is 688. The maximum Gasteiger partial charge on any atom is 0.410 e. The molecule has 0 atom stereocenters. The summed E-state index contributed by atoms with van der Waals surface area (Å²) in [7, 11) is 1.83. The molecule has 0 radical (unpaired) electrons. The van der Waals surface area contributed by atoms with E-state index in [-0.39, 0.29) is 11.7 Å². The number of hydrogen-bond donors (Lipinski definition) is 0. The highest BCUT2D eigenvalue weighted by molar-refractivity contribution is 6.31. The predicted molar refractivity (Wildman–Crippen MR) is 117 cm³/mol. The minimum absolute atomic E-state index is 0.125. The molecule has 1 saturated heterocycles. The second-order valence-electron chi connectivity index (χ2n) is 9.39. The maximum atomic E-state index is 12.3. The van der Waals surface area contributed by atoms with E-state index in [0.717, 1.165) is 63.3 Å². The van der Waals surface area contributed by atoms with Gasteiger partial charge in [-0.15, -0.1) is 0 Å². The number of nitrogens with zero attached hydrogens (tertiary/aromatic N) is 2. The molecule has 1 saturated carbocycles. The van der Waals surface area contributed by atoms with Crippen molar-refractivity contribution in [3.05, 3.63) is 34.9 Å². The van der Waals surface area contributed by atoms with Gasteiger partial charge in [-0.25, -0.2) is 4.79 Å². The minimum Gasteiger partial charge on any atom is -0.444 e. The van der Waals surface area contributed by atoms with Gasteiger partial charge in [-0.05, 0) is 58.1 Å². The quantitative estimate of drug-likeness (QED) is 0.701. The van der Waals surface area contributed by atoms with Crippen molar-refractivity contribution in [2.45, 2.75) is 70.1 Å². The molecule has 0 N–H and O–H groups in total. The van der Waals surface area contributed by atoms with Crippen molar-refractivity contribution in [2.24, 2.45) is 0 Å². The first-order valence-electron chi connectivity index (χ1n) is 10.7. The second-order valence-corrected chi connectivity index (χ2v) is 9.80. The van der Waals surface area contributed by atoms with Crippen molar-refractivity contribution in [1.29, 1.82) is 0 Å². The molecule has 29 heavy (non-hydrogen) atoms. The van der Waals surface area contributed by atoms with Crippen LogP contribution in [0.5, 0.6) is 0 Å². The average Bonchev–Trinajstić information content (AvgIpc) is 2.69. The molecule has 1 aliphatic heterocycles. The first-order chi connectivity index (χ1) is 13.7. The summed E-state index contributed by atoms with van der Waals surface area (Å²) in [6.45, 7) is 9.03. The lowest BCUT2D eigenvalue weighted by Crippen LogP contribution is -2.54. The molecular formula is C23H35ClN2O3. The van der Waals surface area contributed by atoms with Crippen LogP contribution >= 0.6 is 11.6 Å². The fourth-order valence-corrected chi connectivity index (χ4v) is 4.73. The summed E-state index contributed by atoms with van der Waals surface area (Å²) in [5.74, 6) is 0. The molecule has 6 heteroatoms. The second kappa shape index (κ2) is 9.23. The Morgan fingerprint density at radius 2 is 1.76 bits per heavy atom. The summed E-state index contributed by atoms with van der Waals surface area (Å²) in [5.41, 5.74) is 0.600. The number of rotatable bonds is 4. The zero-order valence-electron chi connectivity index (χ0n) is 18.2. The lowest BCUT2D eigenvalue weighted by Gasteiger charge is -2.45. The third-order valence-electron chi connectivity index (χ3n) is 6.25. The van der Waals surface area contributed by atoms with Crippen molar-refractivity contribution < 1.29 is 14.3 Å². The normalized spacial score (nSPS) is 26.4. The number of methoxy groups -OCH3 is 1. The predicted octanol–water partition coefficient (Wildman–Crippen LogP) is 4.76. The van der Waals surface area contributed by atoms with E-state index in [1.54, 1.807) is 0 Å². The van der Waals surface area contributed by atoms with Crippen LogP contribution in [0.2, 0.25) is 5.02 Å². The lowest BCUT2D eigenvalue weighted by molar-refractivity contribution is -0.0593. The van der Waals surface area contributed by atoms with E-state index in [4.69, 9.17) is 21.1 Å². The smallest absolute Gasteiger partial charge is 0.410 e. The van der Waals surface area contributed by atoms with Crippen LogP contribution in [-0.2, 0) is 15.9 Å². The van der Waals surface area contributed by atoms with Crippen molar-refractivity contribution in [2.75, 3.05) is 33.3 Å². The highest BCUT2D eigenvalue weighted by Gasteiger charge is 2.38. The van der Waals surface area contributed by atoms with Gasteiger partial charge in [0.1, 0.15) is 5.60 Å². The Morgan fingerprint density at radius 1 is 1.14 bits per heavy atom. The minimum atomic E-state index is -0.442. The largest absolute Gasteiger partial charge is 0.444 e. The van der Waals surface area contributed by atoms with Crippen molar-refractivity contribution in [3.63, 3.8) is 0 Å². The molecule has 2 aliphatic rings. The van der Waals surface area contributed by atoms with Crippen LogP contribution in [0.1, 0.15) is 52.0 Å². The van der Waals surface area contributed by atoms with Crippen LogP contribution in [0.25, 0.3) is 0 Å². The zero-order valence-corrected chi connectivity index (χ0v) is 19.0. The zero-order chi connectivity index (χ0) is 21.1. The number of piperazine rings is 1. The molecule has 1 aromatic rings. The highest BCUT2D eigenvalue weighted by Crippen LogP contribution is 2.37. The highest BCUT2D eigenvalue weighted by atomic mass is 35.5. The van der Waals surface area contributed by atoms with Crippen molar-refractivity contribution in [3.8, 4) is 0 Å². The Kier molecular flexibility index (Phi) is 7.13. The van der Waals surface area contributed by atoms with Gasteiger partial charge in [0.2, 0.25) is 0 Å². The van der Waals surface area contributed by atoms with E-state index in [9.17, 15) is 4.79 Å². The van der Waals surface area contributed by atoms with Gasteiger partial charge >= 0.3 is 6.09 Å². The summed E-state index contributed by atoms with van der Waals surface area (Å²) in [6.07, 6.45) is 4.97. The van der Waals surface area contributed by atoms with E-state index in [0.29, 0.717) is 6.04 Å². The summed E-state index contributed by atoms with van der Waals surface area (Å²) >= 11 is 6.39. The number of hydrogen-bond acceptors (Lipinski definition) is 4. The molecule has 0 unspecified atom stereocenters. The van der Waals surface area contributed by atoms with Crippen LogP contribution in [0.4, 0.5) is 4.79 Å². The molecule has 1 aromatic carbocycles. The fraction of sp³-hybridized carbons (Fsp3) is 0.696. The number of halogens is 1. The molecule has 162 valence electrons. The van der Waals surface area contributed by atoms with E-state index in [1.165, 1.54) is 5.56 Å². The lowest BCUT2D eigenvalue weighted by atomic mass is 9.77. The van der Waals surface area contributed by atoms with E-state index < -0.39 is 5.60 Å². The van der Waals surface area contributed by atoms with Gasteiger partial charge in [0.05, 0.1) is 5.60 Å². The van der Waals surface area contributed by atoms with Gasteiger partial charge in [0, 0.05) is 50.8 Å². The molecule has 2 fully saturated rings. The van der Waals surface area contributed by atoms with Gasteiger partial charge in [-0.1, -0.05) is 29.8 Å². The van der Waals surface area contributed by atoms with Gasteiger partial charge < -0.3 is 14.4 Å². The third kappa shape index (κ3) is 5.87. The van der Waals surface area contributed by atoms with Gasteiger partial charge in [-0.2, -0.15) is 0 Å². The summed E-state index contributed by atoms with van der Waals surface area (Å²) < 4.78 is 11.5. The molecule has 0 spiro atoms. The summed E-state index contributed by atoms with van der Waals surface area (Å²) in [5, 5.41) is 0.823. The fourth-order valence-electron chi connectivity index (χ4n) is 4.53. The molecule has 0 aromatic heterocycles. The molecule has 3 rings (SSSR count). The molecule has 5 nitrogen and oxygen atoms in total. The van der Waals surface area contributed by atoms with Crippen molar-refractivity contribution >= 4 is 17.7 Å². The Balaban J connectivity index is 1.50. The number of carbonyl (C=O) groups excluding carboxylic acids is 1. The van der Waals surface area contributed by atoms with E-state index in [2.05, 4.69) is 11.0 Å². The van der Waals surface area contributed by atoms with Crippen LogP contribution in [0, 0.1) is 0 Å².